The van der Waals surface area contributed by atoms with Crippen molar-refractivity contribution in [2.75, 3.05) is 11.4 Å². The topological polar surface area (TPSA) is 56.4 Å². The highest BCUT2D eigenvalue weighted by atomic mass is 35.5. The molecule has 1 saturated heterocycles. The average molecular weight is 414 g/mol. The highest BCUT2D eigenvalue weighted by Gasteiger charge is 2.44. The van der Waals surface area contributed by atoms with Gasteiger partial charge in [0.15, 0.2) is 0 Å². The number of nitrogens with zero attached hydrogens (tertiary/aromatic N) is 2. The molecule has 0 aliphatic carbocycles. The van der Waals surface area contributed by atoms with Crippen molar-refractivity contribution in [3.8, 4) is 0 Å². The van der Waals surface area contributed by atoms with E-state index in [1.807, 2.05) is 12.1 Å². The van der Waals surface area contributed by atoms with Crippen molar-refractivity contribution in [3.05, 3.63) is 63.8 Å². The molecule has 1 unspecified atom stereocenters. The monoisotopic (exact) mass is 413 g/mol. The molecule has 5 rings (SSSR count). The number of aromatic amines is 1. The highest BCUT2D eigenvalue weighted by molar-refractivity contribution is 6.38. The predicted octanol–water partition coefficient (Wildman–Crippen LogP) is 4.16. The predicted molar refractivity (Wildman–Crippen MR) is 110 cm³/mol. The largest absolute Gasteiger partial charge is 0.357 e. The number of imide groups is 1. The summed E-state index contributed by atoms with van der Waals surface area (Å²) in [5, 5.41) is 2.00. The molecule has 7 heteroatoms. The smallest absolute Gasteiger partial charge is 0.251 e. The number of hydrogen-bond donors (Lipinski definition) is 1. The third kappa shape index (κ3) is 2.73. The lowest BCUT2D eigenvalue weighted by atomic mass is 10.0. The summed E-state index contributed by atoms with van der Waals surface area (Å²) in [5.74, 6) is -0.463. The van der Waals surface area contributed by atoms with Gasteiger partial charge in [0, 0.05) is 34.7 Å². The second kappa shape index (κ2) is 6.62. The zero-order valence-electron chi connectivity index (χ0n) is 14.9. The fourth-order valence-electron chi connectivity index (χ4n) is 4.30. The van der Waals surface area contributed by atoms with E-state index in [9.17, 15) is 9.59 Å². The van der Waals surface area contributed by atoms with Crippen LogP contribution in [0.25, 0.3) is 10.9 Å². The van der Waals surface area contributed by atoms with Gasteiger partial charge in [-0.2, -0.15) is 0 Å². The molecule has 5 nitrogen and oxygen atoms in total. The van der Waals surface area contributed by atoms with Gasteiger partial charge >= 0.3 is 0 Å². The van der Waals surface area contributed by atoms with Crippen molar-refractivity contribution in [1.82, 2.24) is 9.88 Å². The summed E-state index contributed by atoms with van der Waals surface area (Å²) in [6.07, 6.45) is 1.01. The standard InChI is InChI=1S/C21H17Cl2N3O2/c22-12-5-6-18(15(23)9-12)26-20(27)10-19(21(26)28)25-8-7-14-13-3-1-2-4-16(13)24-17(14)11-25/h1-6,9,19,24H,7-8,10-11H2. The number of para-hydroxylation sites is 1. The summed E-state index contributed by atoms with van der Waals surface area (Å²) in [5.41, 5.74) is 3.93. The molecule has 28 heavy (non-hydrogen) atoms. The van der Waals surface area contributed by atoms with Crippen molar-refractivity contribution >= 4 is 51.6 Å². The van der Waals surface area contributed by atoms with E-state index in [1.54, 1.807) is 18.2 Å². The van der Waals surface area contributed by atoms with E-state index in [0.717, 1.165) is 24.2 Å². The number of nitrogens with one attached hydrogen (secondary N) is 1. The van der Waals surface area contributed by atoms with Crippen LogP contribution < -0.4 is 4.90 Å². The van der Waals surface area contributed by atoms with E-state index in [1.165, 1.54) is 15.8 Å². The maximum absolute atomic E-state index is 13.1. The van der Waals surface area contributed by atoms with Crippen LogP contribution in [0.4, 0.5) is 5.69 Å². The minimum atomic E-state index is -0.473. The lowest BCUT2D eigenvalue weighted by Gasteiger charge is -2.30. The van der Waals surface area contributed by atoms with E-state index < -0.39 is 6.04 Å². The molecule has 0 saturated carbocycles. The number of halogens is 2. The summed E-state index contributed by atoms with van der Waals surface area (Å²) < 4.78 is 0. The van der Waals surface area contributed by atoms with Gasteiger partial charge in [-0.3, -0.25) is 14.5 Å². The number of anilines is 1. The molecule has 1 atom stereocenters. The molecule has 1 fully saturated rings. The van der Waals surface area contributed by atoms with Crippen molar-refractivity contribution in [2.45, 2.75) is 25.4 Å². The number of carbonyl (C=O) groups excluding carboxylic acids is 2. The zero-order valence-corrected chi connectivity index (χ0v) is 16.4. The van der Waals surface area contributed by atoms with Gasteiger partial charge in [-0.05, 0) is 36.2 Å². The van der Waals surface area contributed by atoms with Gasteiger partial charge in [-0.25, -0.2) is 4.90 Å². The highest BCUT2D eigenvalue weighted by Crippen LogP contribution is 2.35. The summed E-state index contributed by atoms with van der Waals surface area (Å²) in [6.45, 7) is 1.36. The molecule has 0 spiro atoms. The van der Waals surface area contributed by atoms with E-state index in [2.05, 4.69) is 22.0 Å². The van der Waals surface area contributed by atoms with Gasteiger partial charge in [-0.1, -0.05) is 41.4 Å². The number of benzene rings is 2. The van der Waals surface area contributed by atoms with Gasteiger partial charge in [0.1, 0.15) is 0 Å². The molecular weight excluding hydrogens is 397 g/mol. The van der Waals surface area contributed by atoms with Crippen molar-refractivity contribution in [1.29, 1.82) is 0 Å². The van der Waals surface area contributed by atoms with E-state index in [0.29, 0.717) is 22.3 Å². The number of hydrogen-bond acceptors (Lipinski definition) is 3. The van der Waals surface area contributed by atoms with Crippen LogP contribution in [0.1, 0.15) is 17.7 Å². The van der Waals surface area contributed by atoms with Crippen LogP contribution in [0.5, 0.6) is 0 Å². The Morgan fingerprint density at radius 1 is 1.07 bits per heavy atom. The molecule has 1 aromatic heterocycles. The lowest BCUT2D eigenvalue weighted by Crippen LogP contribution is -2.44. The minimum Gasteiger partial charge on any atom is -0.357 e. The molecule has 0 bridgehead atoms. The summed E-state index contributed by atoms with van der Waals surface area (Å²) in [6, 6.07) is 12.6. The summed E-state index contributed by atoms with van der Waals surface area (Å²) >= 11 is 12.2. The van der Waals surface area contributed by atoms with E-state index in [4.69, 9.17) is 23.2 Å². The van der Waals surface area contributed by atoms with Crippen LogP contribution in [-0.2, 0) is 22.6 Å². The van der Waals surface area contributed by atoms with Crippen LogP contribution in [0.15, 0.2) is 42.5 Å². The van der Waals surface area contributed by atoms with Crippen LogP contribution >= 0.6 is 23.2 Å². The Kier molecular flexibility index (Phi) is 4.19. The first kappa shape index (κ1) is 17.7. The van der Waals surface area contributed by atoms with Crippen molar-refractivity contribution < 1.29 is 9.59 Å². The number of fused-ring (bicyclic) bond motifs is 3. The van der Waals surface area contributed by atoms with Gasteiger partial charge in [0.2, 0.25) is 5.91 Å². The number of H-pyrrole nitrogens is 1. The first-order valence-corrected chi connectivity index (χ1v) is 9.93. The minimum absolute atomic E-state index is 0.160. The molecule has 2 aliphatic rings. The molecule has 142 valence electrons. The summed E-state index contributed by atoms with van der Waals surface area (Å²) in [7, 11) is 0. The maximum Gasteiger partial charge on any atom is 0.251 e. The molecule has 2 amide bonds. The number of amides is 2. The Morgan fingerprint density at radius 3 is 2.71 bits per heavy atom. The second-order valence-electron chi connectivity index (χ2n) is 7.23. The Balaban J connectivity index is 1.43. The SMILES string of the molecule is O=C1CC(N2CCc3c([nH]c4ccccc34)C2)C(=O)N1c1ccc(Cl)cc1Cl. The van der Waals surface area contributed by atoms with Gasteiger partial charge < -0.3 is 4.98 Å². The Morgan fingerprint density at radius 2 is 1.89 bits per heavy atom. The first-order valence-electron chi connectivity index (χ1n) is 9.17. The third-order valence-corrected chi connectivity index (χ3v) is 6.16. The van der Waals surface area contributed by atoms with Crippen LogP contribution in [0.3, 0.4) is 0 Å². The molecule has 3 heterocycles. The Bertz CT molecular complexity index is 1120. The van der Waals surface area contributed by atoms with E-state index in [-0.39, 0.29) is 18.2 Å². The fourth-order valence-corrected chi connectivity index (χ4v) is 4.79. The molecule has 2 aliphatic heterocycles. The van der Waals surface area contributed by atoms with Crippen molar-refractivity contribution in [3.63, 3.8) is 0 Å². The van der Waals surface area contributed by atoms with Crippen LogP contribution in [0.2, 0.25) is 10.0 Å². The number of aromatic nitrogens is 1. The summed E-state index contributed by atoms with van der Waals surface area (Å²) in [4.78, 5) is 32.5. The molecule has 1 N–H and O–H groups in total. The van der Waals surface area contributed by atoms with Gasteiger partial charge in [0.25, 0.3) is 5.91 Å². The molecule has 2 aromatic carbocycles. The van der Waals surface area contributed by atoms with Crippen LogP contribution in [0, 0.1) is 0 Å². The molecule has 3 aromatic rings. The van der Waals surface area contributed by atoms with Gasteiger partial charge in [-0.15, -0.1) is 0 Å². The van der Waals surface area contributed by atoms with Crippen molar-refractivity contribution in [2.24, 2.45) is 0 Å². The maximum atomic E-state index is 13.1. The zero-order chi connectivity index (χ0) is 19.4. The third-order valence-electron chi connectivity index (χ3n) is 5.63. The average Bonchev–Trinajstić information content (AvgIpc) is 3.19. The Labute approximate surface area is 171 Å². The van der Waals surface area contributed by atoms with Crippen LogP contribution in [-0.4, -0.2) is 34.3 Å². The second-order valence-corrected chi connectivity index (χ2v) is 8.07. The Hall–Kier alpha value is -2.34. The van der Waals surface area contributed by atoms with E-state index >= 15 is 0 Å². The molecule has 0 radical (unpaired) electrons. The number of rotatable bonds is 2. The van der Waals surface area contributed by atoms with Gasteiger partial charge in [0.05, 0.1) is 23.2 Å². The quantitative estimate of drug-likeness (QED) is 0.641. The lowest BCUT2D eigenvalue weighted by molar-refractivity contribution is -0.123. The first-order chi connectivity index (χ1) is 13.5. The fraction of sp³-hybridized carbons (Fsp3) is 0.238. The molecular formula is C21H17Cl2N3O2. The normalized spacial score (nSPS) is 20.2. The number of carbonyl (C=O) groups is 2.